The van der Waals surface area contributed by atoms with Gasteiger partial charge in [-0.15, -0.1) is 0 Å². The Balaban J connectivity index is 2.15. The van der Waals surface area contributed by atoms with Crippen molar-refractivity contribution in [1.82, 2.24) is 4.57 Å². The summed E-state index contributed by atoms with van der Waals surface area (Å²) in [7, 11) is 0. The largest absolute Gasteiger partial charge is 0.391 e. The third-order valence-electron chi connectivity index (χ3n) is 3.50. The van der Waals surface area contributed by atoms with E-state index < -0.39 is 0 Å². The zero-order valence-corrected chi connectivity index (χ0v) is 11.4. The molecule has 0 bridgehead atoms. The van der Waals surface area contributed by atoms with Crippen LogP contribution in [0.5, 0.6) is 0 Å². The van der Waals surface area contributed by atoms with Crippen LogP contribution in [-0.2, 0) is 0 Å². The van der Waals surface area contributed by atoms with E-state index in [0.29, 0.717) is 11.4 Å². The van der Waals surface area contributed by atoms with Gasteiger partial charge in [0.05, 0.1) is 11.1 Å². The lowest BCUT2D eigenvalue weighted by atomic mass is 10.2. The Morgan fingerprint density at radius 2 is 1.86 bits per heavy atom. The zero-order chi connectivity index (χ0) is 14.8. The highest BCUT2D eigenvalue weighted by molar-refractivity contribution is 5.88. The van der Waals surface area contributed by atoms with Gasteiger partial charge in [-0.1, -0.05) is 23.3 Å². The molecule has 5 heteroatoms. The predicted octanol–water partition coefficient (Wildman–Crippen LogP) is -0.555. The van der Waals surface area contributed by atoms with Gasteiger partial charge in [0.15, 0.2) is 0 Å². The minimum atomic E-state index is 0.664. The third kappa shape index (κ3) is 2.14. The number of nitriles is 1. The number of amidine groups is 1. The maximum absolute atomic E-state index is 9.25. The number of para-hydroxylation sites is 1. The summed E-state index contributed by atoms with van der Waals surface area (Å²) < 4.78 is 2.01. The molecule has 0 amide bonds. The number of hydrogen-bond donors (Lipinski definition) is 3. The molecule has 21 heavy (non-hydrogen) atoms. The van der Waals surface area contributed by atoms with Crippen molar-refractivity contribution < 1.29 is 10.8 Å². The molecule has 0 saturated heterocycles. The van der Waals surface area contributed by atoms with Crippen molar-refractivity contribution in [3.8, 4) is 11.8 Å². The number of hydrazine groups is 1. The molecule has 0 aliphatic carbocycles. The van der Waals surface area contributed by atoms with Gasteiger partial charge < -0.3 is 4.57 Å². The lowest BCUT2D eigenvalue weighted by Gasteiger charge is -2.05. The van der Waals surface area contributed by atoms with Gasteiger partial charge in [0.2, 0.25) is 0 Å². The van der Waals surface area contributed by atoms with E-state index in [4.69, 9.17) is 5.84 Å². The van der Waals surface area contributed by atoms with Crippen molar-refractivity contribution in [2.24, 2.45) is 5.84 Å². The minimum absolute atomic E-state index is 0.664. The fourth-order valence-corrected chi connectivity index (χ4v) is 2.39. The maximum Gasteiger partial charge on any atom is 0.391 e. The van der Waals surface area contributed by atoms with Gasteiger partial charge in [-0.25, -0.2) is 5.84 Å². The van der Waals surface area contributed by atoms with Gasteiger partial charge in [-0.05, 0) is 30.3 Å². The Bertz CT molecular complexity index is 866. The van der Waals surface area contributed by atoms with Crippen molar-refractivity contribution in [2.75, 3.05) is 0 Å². The zero-order valence-electron chi connectivity index (χ0n) is 11.4. The molecule has 3 aromatic rings. The van der Waals surface area contributed by atoms with E-state index in [9.17, 15) is 5.26 Å². The highest BCUT2D eigenvalue weighted by Crippen LogP contribution is 2.24. The average Bonchev–Trinajstić information content (AvgIpc) is 2.93. The third-order valence-corrected chi connectivity index (χ3v) is 3.50. The van der Waals surface area contributed by atoms with Crippen molar-refractivity contribution in [3.05, 3.63) is 65.9 Å². The number of fused-ring (bicyclic) bond motifs is 1. The number of nitrogens with two attached hydrogens (primary N) is 1. The first-order valence-electron chi connectivity index (χ1n) is 6.51. The fourth-order valence-electron chi connectivity index (χ4n) is 2.39. The van der Waals surface area contributed by atoms with Gasteiger partial charge in [-0.3, -0.25) is 5.73 Å². The van der Waals surface area contributed by atoms with Crippen LogP contribution < -0.4 is 16.7 Å². The van der Waals surface area contributed by atoms with Gasteiger partial charge in [0.1, 0.15) is 11.6 Å². The second-order valence-corrected chi connectivity index (χ2v) is 4.71. The van der Waals surface area contributed by atoms with Crippen LogP contribution in [0, 0.1) is 11.3 Å². The smallest absolute Gasteiger partial charge is 0.315 e. The van der Waals surface area contributed by atoms with Gasteiger partial charge >= 0.3 is 5.84 Å². The van der Waals surface area contributed by atoms with E-state index in [0.717, 1.165) is 22.2 Å². The number of benzene rings is 2. The summed E-state index contributed by atoms with van der Waals surface area (Å²) >= 11 is 0. The molecule has 0 aliphatic heterocycles. The van der Waals surface area contributed by atoms with Crippen molar-refractivity contribution in [1.29, 1.82) is 5.26 Å². The molecule has 1 heterocycles. The maximum atomic E-state index is 9.25. The molecule has 0 unspecified atom stereocenters. The summed E-state index contributed by atoms with van der Waals surface area (Å²) in [6.07, 6.45) is 1.86. The first kappa shape index (κ1) is 12.9. The summed E-state index contributed by atoms with van der Waals surface area (Å²) in [4.78, 5) is 0. The van der Waals surface area contributed by atoms with E-state index in [1.807, 2.05) is 59.3 Å². The normalized spacial score (nSPS) is 11.5. The molecule has 0 saturated carbocycles. The van der Waals surface area contributed by atoms with Gasteiger partial charge in [0, 0.05) is 17.3 Å². The van der Waals surface area contributed by atoms with E-state index in [1.54, 1.807) is 0 Å². The molecule has 0 aliphatic rings. The highest BCUT2D eigenvalue weighted by Gasteiger charge is 2.11. The molecule has 0 atom stereocenters. The van der Waals surface area contributed by atoms with E-state index in [2.05, 4.69) is 16.9 Å². The quantitative estimate of drug-likeness (QED) is 0.253. The van der Waals surface area contributed by atoms with Gasteiger partial charge in [-0.2, -0.15) is 5.26 Å². The Morgan fingerprint density at radius 1 is 1.14 bits per heavy atom. The summed E-state index contributed by atoms with van der Waals surface area (Å²) in [5, 5.41) is 12.7. The van der Waals surface area contributed by atoms with Crippen LogP contribution in [0.15, 0.2) is 54.7 Å². The Kier molecular flexibility index (Phi) is 3.14. The SMILES string of the molecule is N#Cc1cn(-c2ccc(/C([NH3+])=[NH+]/N)cc2)c2ccccc12. The topological polar surface area (TPSA) is 96.3 Å². The van der Waals surface area contributed by atoms with Crippen LogP contribution in [0.25, 0.3) is 16.6 Å². The predicted molar refractivity (Wildman–Crippen MR) is 80.1 cm³/mol. The van der Waals surface area contributed by atoms with Crippen LogP contribution in [0.2, 0.25) is 0 Å². The van der Waals surface area contributed by atoms with Crippen LogP contribution in [-0.4, -0.2) is 10.4 Å². The highest BCUT2D eigenvalue weighted by atomic mass is 15.2. The summed E-state index contributed by atoms with van der Waals surface area (Å²) in [6, 6.07) is 17.9. The van der Waals surface area contributed by atoms with E-state index in [1.165, 1.54) is 0 Å². The van der Waals surface area contributed by atoms with E-state index >= 15 is 0 Å². The molecule has 6 N–H and O–H groups in total. The van der Waals surface area contributed by atoms with E-state index in [-0.39, 0.29) is 0 Å². The monoisotopic (exact) mass is 277 g/mol. The number of aromatic nitrogens is 1. The number of hydrazone groups is 1. The first-order valence-corrected chi connectivity index (χ1v) is 6.51. The van der Waals surface area contributed by atoms with Crippen LogP contribution in [0.1, 0.15) is 11.1 Å². The lowest BCUT2D eigenvalue weighted by molar-refractivity contribution is -0.512. The summed E-state index contributed by atoms with van der Waals surface area (Å²) in [6.45, 7) is 0. The minimum Gasteiger partial charge on any atom is -0.315 e. The summed E-state index contributed by atoms with van der Waals surface area (Å²) in [5.74, 6) is 6.02. The molecular formula is C16H15N5+2. The van der Waals surface area contributed by atoms with Crippen LogP contribution in [0.4, 0.5) is 0 Å². The molecular weight excluding hydrogens is 262 g/mol. The average molecular weight is 277 g/mol. The second-order valence-electron chi connectivity index (χ2n) is 4.71. The van der Waals surface area contributed by atoms with Crippen LogP contribution in [0.3, 0.4) is 0 Å². The van der Waals surface area contributed by atoms with Crippen molar-refractivity contribution in [2.45, 2.75) is 0 Å². The fraction of sp³-hybridized carbons (Fsp3) is 0. The van der Waals surface area contributed by atoms with Crippen molar-refractivity contribution in [3.63, 3.8) is 0 Å². The molecule has 5 nitrogen and oxygen atoms in total. The molecule has 1 aromatic heterocycles. The standard InChI is InChI=1S/C16H13N5/c17-9-12-10-21(15-4-2-1-3-14(12)15)13-7-5-11(6-8-13)16(18)20-19/h1-8,10H,19H2,(H2,18,20)/p+2. The molecule has 0 radical (unpaired) electrons. The number of rotatable bonds is 2. The van der Waals surface area contributed by atoms with Crippen LogP contribution >= 0.6 is 0 Å². The summed E-state index contributed by atoms with van der Waals surface area (Å²) in [5.41, 5.74) is 7.42. The lowest BCUT2D eigenvalue weighted by Crippen LogP contribution is -2.90. The number of nitrogens with zero attached hydrogens (tertiary/aromatic N) is 2. The number of nitrogens with one attached hydrogen (secondary N) is 1. The molecule has 0 fully saturated rings. The first-order chi connectivity index (χ1) is 10.2. The van der Waals surface area contributed by atoms with Crippen molar-refractivity contribution >= 4 is 16.7 Å². The Morgan fingerprint density at radius 3 is 2.52 bits per heavy atom. The number of quaternary nitrogens is 1. The second kappa shape index (κ2) is 5.12. The Hall–Kier alpha value is -3.10. The molecule has 2 aromatic carbocycles. The molecule has 102 valence electrons. The Labute approximate surface area is 121 Å². The molecule has 3 rings (SSSR count). The number of hydrogen-bond acceptors (Lipinski definition) is 2. The van der Waals surface area contributed by atoms with Gasteiger partial charge in [0.25, 0.3) is 0 Å². The molecule has 0 spiro atoms.